The van der Waals surface area contributed by atoms with E-state index in [9.17, 15) is 4.79 Å². The lowest BCUT2D eigenvalue weighted by molar-refractivity contribution is 0.0696. The van der Waals surface area contributed by atoms with E-state index < -0.39 is 5.97 Å². The van der Waals surface area contributed by atoms with E-state index in [0.29, 0.717) is 16.5 Å². The first-order valence-corrected chi connectivity index (χ1v) is 5.75. The summed E-state index contributed by atoms with van der Waals surface area (Å²) in [6.07, 6.45) is 1.28. The third-order valence-corrected chi connectivity index (χ3v) is 3.29. The first-order valence-electron chi connectivity index (χ1n) is 4.77. The molecule has 0 fully saturated rings. The second-order valence-corrected chi connectivity index (χ2v) is 4.53. The molecule has 16 heavy (non-hydrogen) atoms. The Morgan fingerprint density at radius 2 is 2.38 bits per heavy atom. The fraction of sp³-hybridized carbons (Fsp3) is 0.400. The number of carboxylic acids is 1. The number of rotatable bonds is 5. The molecule has 0 aliphatic heterocycles. The van der Waals surface area contributed by atoms with Crippen molar-refractivity contribution < 1.29 is 15.0 Å². The van der Waals surface area contributed by atoms with E-state index in [0.717, 1.165) is 0 Å². The summed E-state index contributed by atoms with van der Waals surface area (Å²) in [5, 5.41) is 18.2. The molecular weight excluding hydrogens is 228 g/mol. The molecule has 0 aliphatic carbocycles. The zero-order valence-electron chi connectivity index (χ0n) is 8.88. The Morgan fingerprint density at radius 3 is 2.88 bits per heavy atom. The smallest absolute Gasteiger partial charge is 0.337 e. The minimum atomic E-state index is -1.04. The molecule has 0 aromatic carbocycles. The lowest BCUT2D eigenvalue weighted by Gasteiger charge is -2.08. The molecule has 0 saturated carbocycles. The van der Waals surface area contributed by atoms with Gasteiger partial charge in [0, 0.05) is 18.6 Å². The minimum Gasteiger partial charge on any atom is -0.478 e. The highest BCUT2D eigenvalue weighted by Gasteiger charge is 2.09. The van der Waals surface area contributed by atoms with Crippen LogP contribution in [0.5, 0.6) is 0 Å². The van der Waals surface area contributed by atoms with Gasteiger partial charge in [-0.25, -0.2) is 9.78 Å². The van der Waals surface area contributed by atoms with Crippen LogP contribution in [0.25, 0.3) is 0 Å². The maximum atomic E-state index is 10.6. The number of pyridine rings is 1. The van der Waals surface area contributed by atoms with Crippen molar-refractivity contribution in [1.29, 1.82) is 0 Å². The predicted molar refractivity (Wildman–Crippen MR) is 62.6 cm³/mol. The lowest BCUT2D eigenvalue weighted by Crippen LogP contribution is -2.05. The number of hydrogen-bond acceptors (Lipinski definition) is 5. The Bertz CT molecular complexity index is 384. The number of carboxylic acid groups (broad SMARTS) is 1. The Hall–Kier alpha value is -1.27. The van der Waals surface area contributed by atoms with Crippen LogP contribution in [0.2, 0.25) is 0 Å². The molecular formula is C10H14N2O3S. The maximum absolute atomic E-state index is 10.6. The number of hydrogen-bond donors (Lipinski definition) is 3. The van der Waals surface area contributed by atoms with Gasteiger partial charge in [0.25, 0.3) is 0 Å². The number of aliphatic hydroxyl groups is 1. The molecule has 1 aromatic heterocycles. The van der Waals surface area contributed by atoms with Crippen LogP contribution in [0.3, 0.4) is 0 Å². The number of nitrogens with two attached hydrogens (primary N) is 1. The average molecular weight is 242 g/mol. The quantitative estimate of drug-likeness (QED) is 0.669. The predicted octanol–water partition coefficient (Wildman–Crippen LogP) is 1.08. The number of carbonyl (C=O) groups is 1. The van der Waals surface area contributed by atoms with Gasteiger partial charge in [0.1, 0.15) is 5.03 Å². The molecule has 0 saturated heterocycles. The van der Waals surface area contributed by atoms with Crippen LogP contribution in [0.1, 0.15) is 17.3 Å². The third-order valence-electron chi connectivity index (χ3n) is 1.94. The summed E-state index contributed by atoms with van der Waals surface area (Å²) in [5.41, 5.74) is 6.11. The van der Waals surface area contributed by atoms with Crippen molar-refractivity contribution in [3.8, 4) is 0 Å². The first-order chi connectivity index (χ1) is 7.54. The monoisotopic (exact) mass is 242 g/mol. The Balaban J connectivity index is 2.72. The largest absolute Gasteiger partial charge is 0.478 e. The van der Waals surface area contributed by atoms with Crippen LogP contribution in [0, 0.1) is 5.92 Å². The molecule has 88 valence electrons. The highest BCUT2D eigenvalue weighted by Crippen LogP contribution is 2.24. The molecule has 1 unspecified atom stereocenters. The van der Waals surface area contributed by atoms with Gasteiger partial charge in [0.2, 0.25) is 0 Å². The van der Waals surface area contributed by atoms with E-state index in [1.165, 1.54) is 24.0 Å². The molecule has 0 bridgehead atoms. The van der Waals surface area contributed by atoms with Gasteiger partial charge in [-0.2, -0.15) is 0 Å². The van der Waals surface area contributed by atoms with Gasteiger partial charge in [-0.1, -0.05) is 6.92 Å². The van der Waals surface area contributed by atoms with Crippen LogP contribution in [-0.2, 0) is 0 Å². The van der Waals surface area contributed by atoms with Crippen molar-refractivity contribution in [2.45, 2.75) is 11.9 Å². The molecule has 4 N–H and O–H groups in total. The highest BCUT2D eigenvalue weighted by molar-refractivity contribution is 7.99. The minimum absolute atomic E-state index is 0.0806. The summed E-state index contributed by atoms with van der Waals surface area (Å²) in [5.74, 6) is -0.190. The zero-order valence-corrected chi connectivity index (χ0v) is 9.70. The third kappa shape index (κ3) is 3.39. The van der Waals surface area contributed by atoms with Crippen LogP contribution in [-0.4, -0.2) is 33.5 Å². The number of aliphatic hydroxyl groups excluding tert-OH is 1. The van der Waals surface area contributed by atoms with Gasteiger partial charge in [-0.05, 0) is 12.0 Å². The lowest BCUT2D eigenvalue weighted by atomic mass is 10.2. The molecule has 0 radical (unpaired) electrons. The Morgan fingerprint density at radius 1 is 1.69 bits per heavy atom. The molecule has 0 spiro atoms. The highest BCUT2D eigenvalue weighted by atomic mass is 32.2. The number of aromatic carboxylic acids is 1. The molecule has 5 nitrogen and oxygen atoms in total. The SMILES string of the molecule is CC(CO)CSc1ncc(C(=O)O)cc1N. The Labute approximate surface area is 97.7 Å². The zero-order chi connectivity index (χ0) is 12.1. The van der Waals surface area contributed by atoms with Crippen LogP contribution >= 0.6 is 11.8 Å². The summed E-state index contributed by atoms with van der Waals surface area (Å²) >= 11 is 1.41. The van der Waals surface area contributed by atoms with Crippen LogP contribution in [0.15, 0.2) is 17.3 Å². The molecule has 1 rings (SSSR count). The van der Waals surface area contributed by atoms with Gasteiger partial charge in [-0.15, -0.1) is 11.8 Å². The fourth-order valence-corrected chi connectivity index (χ4v) is 1.88. The topological polar surface area (TPSA) is 96.4 Å². The molecule has 1 heterocycles. The molecule has 1 atom stereocenters. The van der Waals surface area contributed by atoms with E-state index in [1.807, 2.05) is 6.92 Å². The van der Waals surface area contributed by atoms with Gasteiger partial charge in [0.15, 0.2) is 0 Å². The molecule has 1 aromatic rings. The van der Waals surface area contributed by atoms with Crippen molar-refractivity contribution in [1.82, 2.24) is 4.98 Å². The number of anilines is 1. The maximum Gasteiger partial charge on any atom is 0.337 e. The van der Waals surface area contributed by atoms with Crippen molar-refractivity contribution in [3.63, 3.8) is 0 Å². The number of nitrogen functional groups attached to an aromatic ring is 1. The van der Waals surface area contributed by atoms with Crippen molar-refractivity contribution in [2.75, 3.05) is 18.1 Å². The standard InChI is InChI=1S/C10H14N2O3S/c1-6(4-13)5-16-9-8(11)2-7(3-12-9)10(14)15/h2-3,6,13H,4-5,11H2,1H3,(H,14,15). The van der Waals surface area contributed by atoms with Gasteiger partial charge in [0.05, 0.1) is 11.3 Å². The van der Waals surface area contributed by atoms with E-state index in [4.69, 9.17) is 15.9 Å². The summed E-state index contributed by atoms with van der Waals surface area (Å²) in [4.78, 5) is 14.6. The first kappa shape index (κ1) is 12.8. The second kappa shape index (κ2) is 5.72. The van der Waals surface area contributed by atoms with Crippen LogP contribution < -0.4 is 5.73 Å². The number of nitrogens with zero attached hydrogens (tertiary/aromatic N) is 1. The second-order valence-electron chi connectivity index (χ2n) is 3.52. The van der Waals surface area contributed by atoms with Crippen molar-refractivity contribution in [3.05, 3.63) is 17.8 Å². The summed E-state index contributed by atoms with van der Waals surface area (Å²) < 4.78 is 0. The Kier molecular flexibility index (Phi) is 4.57. The van der Waals surface area contributed by atoms with E-state index in [1.54, 1.807) is 0 Å². The fourth-order valence-electron chi connectivity index (χ4n) is 0.981. The summed E-state index contributed by atoms with van der Waals surface area (Å²) in [6.45, 7) is 2.02. The van der Waals surface area contributed by atoms with Gasteiger partial charge in [-0.3, -0.25) is 0 Å². The van der Waals surface area contributed by atoms with Gasteiger partial charge >= 0.3 is 5.97 Å². The van der Waals surface area contributed by atoms with E-state index >= 15 is 0 Å². The molecule has 0 amide bonds. The number of aromatic nitrogens is 1. The average Bonchev–Trinajstić information content (AvgIpc) is 2.26. The van der Waals surface area contributed by atoms with Gasteiger partial charge < -0.3 is 15.9 Å². The van der Waals surface area contributed by atoms with Crippen molar-refractivity contribution >= 4 is 23.4 Å². The molecule has 0 aliphatic rings. The number of thioether (sulfide) groups is 1. The van der Waals surface area contributed by atoms with Crippen LogP contribution in [0.4, 0.5) is 5.69 Å². The summed E-state index contributed by atoms with van der Waals surface area (Å²) in [7, 11) is 0. The van der Waals surface area contributed by atoms with Crippen molar-refractivity contribution in [2.24, 2.45) is 5.92 Å². The van der Waals surface area contributed by atoms with E-state index in [2.05, 4.69) is 4.98 Å². The normalized spacial score (nSPS) is 12.4. The summed E-state index contributed by atoms with van der Waals surface area (Å²) in [6, 6.07) is 1.39. The molecule has 6 heteroatoms. The van der Waals surface area contributed by atoms with E-state index in [-0.39, 0.29) is 18.1 Å².